The van der Waals surface area contributed by atoms with Crippen molar-refractivity contribution in [2.45, 2.75) is 19.6 Å². The van der Waals surface area contributed by atoms with E-state index in [9.17, 15) is 4.79 Å². The second-order valence-corrected chi connectivity index (χ2v) is 7.08. The van der Waals surface area contributed by atoms with Crippen molar-refractivity contribution >= 4 is 27.8 Å². The van der Waals surface area contributed by atoms with E-state index in [4.69, 9.17) is 9.47 Å². The molecule has 1 aromatic heterocycles. The van der Waals surface area contributed by atoms with Crippen LogP contribution in [0.4, 0.5) is 0 Å². The molecule has 0 fully saturated rings. The molecule has 0 saturated carbocycles. The number of esters is 1. The van der Waals surface area contributed by atoms with Crippen LogP contribution < -0.4 is 4.74 Å². The number of fused-ring (bicyclic) bond motifs is 3. The van der Waals surface area contributed by atoms with Crippen LogP contribution in [0.15, 0.2) is 91.0 Å². The van der Waals surface area contributed by atoms with Crippen molar-refractivity contribution in [2.24, 2.45) is 0 Å². The molecule has 0 bridgehead atoms. The summed E-state index contributed by atoms with van der Waals surface area (Å²) in [5, 5.41) is 2.36. The molecule has 0 spiro atoms. The Bertz CT molecular complexity index is 1110. The minimum absolute atomic E-state index is 0.254. The SMILES string of the molecule is C=C(C)C(=O)OC(COc1ccccc1)Cn1c2ccccc2c2ccccc21. The Morgan fingerprint density at radius 2 is 1.45 bits per heavy atom. The maximum atomic E-state index is 12.2. The zero-order chi connectivity index (χ0) is 20.2. The van der Waals surface area contributed by atoms with E-state index in [0.29, 0.717) is 12.1 Å². The molecule has 3 aromatic carbocycles. The van der Waals surface area contributed by atoms with Crippen molar-refractivity contribution in [3.8, 4) is 5.75 Å². The minimum Gasteiger partial charge on any atom is -0.490 e. The molecule has 0 amide bonds. The molecule has 0 saturated heterocycles. The van der Waals surface area contributed by atoms with E-state index in [2.05, 4.69) is 35.4 Å². The number of aromatic nitrogens is 1. The van der Waals surface area contributed by atoms with Gasteiger partial charge < -0.3 is 14.0 Å². The van der Waals surface area contributed by atoms with E-state index in [1.807, 2.05) is 54.6 Å². The first kappa shape index (κ1) is 18.8. The number of rotatable bonds is 7. The Kier molecular flexibility index (Phi) is 5.34. The molecule has 146 valence electrons. The summed E-state index contributed by atoms with van der Waals surface area (Å²) < 4.78 is 13.8. The molecule has 4 rings (SSSR count). The minimum atomic E-state index is -0.460. The van der Waals surface area contributed by atoms with E-state index < -0.39 is 12.1 Å². The molecule has 0 aliphatic heterocycles. The van der Waals surface area contributed by atoms with Gasteiger partial charge in [-0.3, -0.25) is 0 Å². The quantitative estimate of drug-likeness (QED) is 0.318. The summed E-state index contributed by atoms with van der Waals surface area (Å²) in [6.45, 7) is 6.09. The van der Waals surface area contributed by atoms with Crippen LogP contribution in [-0.4, -0.2) is 23.2 Å². The number of para-hydroxylation sites is 3. The van der Waals surface area contributed by atoms with Gasteiger partial charge in [-0.05, 0) is 31.2 Å². The first-order valence-corrected chi connectivity index (χ1v) is 9.64. The largest absolute Gasteiger partial charge is 0.490 e. The average molecular weight is 385 g/mol. The van der Waals surface area contributed by atoms with Crippen molar-refractivity contribution in [2.75, 3.05) is 6.61 Å². The summed E-state index contributed by atoms with van der Waals surface area (Å²) in [6, 6.07) is 26.1. The summed E-state index contributed by atoms with van der Waals surface area (Å²) in [5.41, 5.74) is 2.58. The smallest absolute Gasteiger partial charge is 0.333 e. The van der Waals surface area contributed by atoms with Crippen LogP contribution in [-0.2, 0) is 16.1 Å². The molecular formula is C25H23NO3. The van der Waals surface area contributed by atoms with Crippen LogP contribution in [0.25, 0.3) is 21.8 Å². The van der Waals surface area contributed by atoms with Gasteiger partial charge in [0.1, 0.15) is 12.4 Å². The molecule has 0 aliphatic carbocycles. The highest BCUT2D eigenvalue weighted by Crippen LogP contribution is 2.29. The molecule has 4 nitrogen and oxygen atoms in total. The van der Waals surface area contributed by atoms with E-state index in [1.165, 1.54) is 10.8 Å². The van der Waals surface area contributed by atoms with Gasteiger partial charge in [0.2, 0.25) is 0 Å². The molecule has 1 unspecified atom stereocenters. The molecule has 4 heteroatoms. The number of hydrogen-bond acceptors (Lipinski definition) is 3. The monoisotopic (exact) mass is 385 g/mol. The normalized spacial score (nSPS) is 12.0. The van der Waals surface area contributed by atoms with Crippen LogP contribution in [0.2, 0.25) is 0 Å². The van der Waals surface area contributed by atoms with E-state index >= 15 is 0 Å². The van der Waals surface area contributed by atoms with Crippen molar-refractivity contribution in [3.05, 3.63) is 91.0 Å². The highest BCUT2D eigenvalue weighted by Gasteiger charge is 2.20. The van der Waals surface area contributed by atoms with Gasteiger partial charge in [-0.15, -0.1) is 0 Å². The van der Waals surface area contributed by atoms with Crippen LogP contribution in [0.3, 0.4) is 0 Å². The lowest BCUT2D eigenvalue weighted by molar-refractivity contribution is -0.146. The number of nitrogens with zero attached hydrogens (tertiary/aromatic N) is 1. The molecular weight excluding hydrogens is 362 g/mol. The van der Waals surface area contributed by atoms with Crippen LogP contribution in [0.1, 0.15) is 6.92 Å². The molecule has 4 aromatic rings. The van der Waals surface area contributed by atoms with Crippen molar-refractivity contribution < 1.29 is 14.3 Å². The lowest BCUT2D eigenvalue weighted by Crippen LogP contribution is -2.30. The molecule has 0 N–H and O–H groups in total. The Labute approximate surface area is 170 Å². The lowest BCUT2D eigenvalue weighted by Gasteiger charge is -2.20. The Balaban J connectivity index is 1.67. The molecule has 0 radical (unpaired) electrons. The van der Waals surface area contributed by atoms with Crippen LogP contribution in [0.5, 0.6) is 5.75 Å². The summed E-state index contributed by atoms with van der Waals surface area (Å²) in [7, 11) is 0. The van der Waals surface area contributed by atoms with E-state index in [1.54, 1.807) is 6.92 Å². The fourth-order valence-corrected chi connectivity index (χ4v) is 3.49. The van der Waals surface area contributed by atoms with Gasteiger partial charge in [0.25, 0.3) is 0 Å². The first-order chi connectivity index (χ1) is 14.1. The fraction of sp³-hybridized carbons (Fsp3) is 0.160. The number of carbonyl (C=O) groups excluding carboxylic acids is 1. The van der Waals surface area contributed by atoms with Crippen LogP contribution in [0, 0.1) is 0 Å². The molecule has 29 heavy (non-hydrogen) atoms. The summed E-state index contributed by atoms with van der Waals surface area (Å²) >= 11 is 0. The van der Waals surface area contributed by atoms with Gasteiger partial charge in [-0.2, -0.15) is 0 Å². The average Bonchev–Trinajstić information content (AvgIpc) is 3.06. The number of hydrogen-bond donors (Lipinski definition) is 0. The highest BCUT2D eigenvalue weighted by molar-refractivity contribution is 6.07. The topological polar surface area (TPSA) is 40.5 Å². The number of ether oxygens (including phenoxy) is 2. The molecule has 1 atom stereocenters. The predicted octanol–water partition coefficient (Wildman–Crippen LogP) is 5.36. The third-order valence-electron chi connectivity index (χ3n) is 4.87. The van der Waals surface area contributed by atoms with Gasteiger partial charge in [-0.1, -0.05) is 61.2 Å². The Hall–Kier alpha value is -3.53. The second-order valence-electron chi connectivity index (χ2n) is 7.08. The predicted molar refractivity (Wildman–Crippen MR) is 116 cm³/mol. The van der Waals surface area contributed by atoms with Crippen molar-refractivity contribution in [1.29, 1.82) is 0 Å². The number of benzene rings is 3. The third-order valence-corrected chi connectivity index (χ3v) is 4.87. The van der Waals surface area contributed by atoms with Gasteiger partial charge in [0.05, 0.1) is 6.54 Å². The van der Waals surface area contributed by atoms with E-state index in [0.717, 1.165) is 16.8 Å². The fourth-order valence-electron chi connectivity index (χ4n) is 3.49. The standard InChI is InChI=1S/C25H23NO3/c1-18(2)25(27)29-20(17-28-19-10-4-3-5-11-19)16-26-23-14-8-6-12-21(23)22-13-7-9-15-24(22)26/h3-15,20H,1,16-17H2,2H3. The summed E-state index contributed by atoms with van der Waals surface area (Å²) in [6.07, 6.45) is -0.460. The molecule has 1 heterocycles. The lowest BCUT2D eigenvalue weighted by atomic mass is 10.2. The van der Waals surface area contributed by atoms with Gasteiger partial charge >= 0.3 is 5.97 Å². The Morgan fingerprint density at radius 3 is 2.03 bits per heavy atom. The van der Waals surface area contributed by atoms with Crippen LogP contribution >= 0.6 is 0 Å². The summed E-state index contributed by atoms with van der Waals surface area (Å²) in [5.74, 6) is 0.332. The van der Waals surface area contributed by atoms with E-state index in [-0.39, 0.29) is 6.61 Å². The first-order valence-electron chi connectivity index (χ1n) is 9.64. The van der Waals surface area contributed by atoms with Crippen molar-refractivity contribution in [1.82, 2.24) is 4.57 Å². The maximum Gasteiger partial charge on any atom is 0.333 e. The zero-order valence-electron chi connectivity index (χ0n) is 16.4. The van der Waals surface area contributed by atoms with Crippen molar-refractivity contribution in [3.63, 3.8) is 0 Å². The second kappa shape index (κ2) is 8.23. The third kappa shape index (κ3) is 4.02. The Morgan fingerprint density at radius 1 is 0.897 bits per heavy atom. The number of carbonyl (C=O) groups is 1. The van der Waals surface area contributed by atoms with Gasteiger partial charge in [-0.25, -0.2) is 4.79 Å². The highest BCUT2D eigenvalue weighted by atomic mass is 16.6. The van der Waals surface area contributed by atoms with Gasteiger partial charge in [0, 0.05) is 27.4 Å². The molecule has 0 aliphatic rings. The summed E-state index contributed by atoms with van der Waals surface area (Å²) in [4.78, 5) is 12.2. The zero-order valence-corrected chi connectivity index (χ0v) is 16.4. The maximum absolute atomic E-state index is 12.2. The van der Waals surface area contributed by atoms with Gasteiger partial charge in [0.15, 0.2) is 6.10 Å².